The Morgan fingerprint density at radius 2 is 2.12 bits per heavy atom. The standard InChI is InChI=1S/C15H26O2/c1-13-11-16-9-7-15(13)8-10-17-12-14-5-3-2-4-6-14/h12-13,15H,2-11H2,1H3. The minimum atomic E-state index is 0.703. The lowest BCUT2D eigenvalue weighted by Crippen LogP contribution is -2.26. The summed E-state index contributed by atoms with van der Waals surface area (Å²) in [5.74, 6) is 1.50. The Balaban J connectivity index is 1.61. The van der Waals surface area contributed by atoms with Gasteiger partial charge in [0.15, 0.2) is 0 Å². The molecule has 0 spiro atoms. The Bertz CT molecular complexity index is 239. The van der Waals surface area contributed by atoms with E-state index in [2.05, 4.69) is 6.92 Å². The van der Waals surface area contributed by atoms with E-state index in [1.165, 1.54) is 50.5 Å². The summed E-state index contributed by atoms with van der Waals surface area (Å²) >= 11 is 0. The third kappa shape index (κ3) is 4.34. The highest BCUT2D eigenvalue weighted by atomic mass is 16.5. The number of allylic oxidation sites excluding steroid dienone is 1. The van der Waals surface area contributed by atoms with E-state index in [-0.39, 0.29) is 0 Å². The van der Waals surface area contributed by atoms with Gasteiger partial charge in [-0.1, -0.05) is 13.3 Å². The summed E-state index contributed by atoms with van der Waals surface area (Å²) in [5.41, 5.74) is 1.52. The van der Waals surface area contributed by atoms with Crippen LogP contribution in [0.3, 0.4) is 0 Å². The van der Waals surface area contributed by atoms with Crippen LogP contribution in [0, 0.1) is 11.8 Å². The molecule has 0 amide bonds. The van der Waals surface area contributed by atoms with E-state index in [1.54, 1.807) is 0 Å². The highest BCUT2D eigenvalue weighted by molar-refractivity contribution is 5.00. The maximum Gasteiger partial charge on any atom is 0.0876 e. The molecule has 2 unspecified atom stereocenters. The van der Waals surface area contributed by atoms with E-state index in [1.807, 2.05) is 6.26 Å². The first-order valence-electron chi connectivity index (χ1n) is 7.23. The van der Waals surface area contributed by atoms with Crippen LogP contribution in [0.1, 0.15) is 51.9 Å². The summed E-state index contributed by atoms with van der Waals surface area (Å²) in [6.45, 7) is 5.06. The molecule has 0 radical (unpaired) electrons. The monoisotopic (exact) mass is 238 g/mol. The molecule has 2 aliphatic rings. The van der Waals surface area contributed by atoms with E-state index in [4.69, 9.17) is 9.47 Å². The van der Waals surface area contributed by atoms with Crippen molar-refractivity contribution >= 4 is 0 Å². The molecule has 0 aromatic carbocycles. The topological polar surface area (TPSA) is 18.5 Å². The van der Waals surface area contributed by atoms with E-state index in [0.717, 1.165) is 25.7 Å². The van der Waals surface area contributed by atoms with Gasteiger partial charge in [-0.15, -0.1) is 0 Å². The molecule has 2 rings (SSSR count). The number of hydrogen-bond acceptors (Lipinski definition) is 2. The van der Waals surface area contributed by atoms with Crippen molar-refractivity contribution < 1.29 is 9.47 Å². The van der Waals surface area contributed by atoms with Gasteiger partial charge < -0.3 is 9.47 Å². The van der Waals surface area contributed by atoms with Gasteiger partial charge in [0.05, 0.1) is 12.9 Å². The first kappa shape index (κ1) is 12.9. The van der Waals surface area contributed by atoms with Gasteiger partial charge in [-0.2, -0.15) is 0 Å². The highest BCUT2D eigenvalue weighted by Crippen LogP contribution is 2.25. The molecule has 1 saturated carbocycles. The van der Waals surface area contributed by atoms with Crippen LogP contribution in [-0.4, -0.2) is 19.8 Å². The predicted octanol–water partition coefficient (Wildman–Crippen LogP) is 3.91. The largest absolute Gasteiger partial charge is 0.501 e. The third-order valence-corrected chi connectivity index (χ3v) is 4.17. The van der Waals surface area contributed by atoms with Gasteiger partial charge >= 0.3 is 0 Å². The molecular weight excluding hydrogens is 212 g/mol. The normalized spacial score (nSPS) is 30.1. The molecule has 2 atom stereocenters. The average Bonchev–Trinajstić information content (AvgIpc) is 2.38. The summed E-state index contributed by atoms with van der Waals surface area (Å²) < 4.78 is 11.2. The molecule has 1 saturated heterocycles. The van der Waals surface area contributed by atoms with Crippen LogP contribution in [0.5, 0.6) is 0 Å². The maximum atomic E-state index is 5.72. The van der Waals surface area contributed by atoms with Crippen LogP contribution in [0.15, 0.2) is 11.8 Å². The molecule has 1 aliphatic carbocycles. The lowest BCUT2D eigenvalue weighted by Gasteiger charge is -2.28. The molecule has 98 valence electrons. The molecule has 0 bridgehead atoms. The average molecular weight is 238 g/mol. The smallest absolute Gasteiger partial charge is 0.0876 e. The number of ether oxygens (including phenoxy) is 2. The van der Waals surface area contributed by atoms with Crippen molar-refractivity contribution in [1.82, 2.24) is 0 Å². The molecule has 2 heteroatoms. The van der Waals surface area contributed by atoms with Crippen LogP contribution < -0.4 is 0 Å². The Kier molecular flexibility index (Phi) is 5.37. The minimum Gasteiger partial charge on any atom is -0.501 e. The molecular formula is C15H26O2. The first-order valence-corrected chi connectivity index (χ1v) is 7.23. The van der Waals surface area contributed by atoms with Gasteiger partial charge in [0.25, 0.3) is 0 Å². The van der Waals surface area contributed by atoms with E-state index < -0.39 is 0 Å². The molecule has 0 N–H and O–H groups in total. The Labute approximate surface area is 105 Å². The summed E-state index contributed by atoms with van der Waals surface area (Å²) in [6, 6.07) is 0. The van der Waals surface area contributed by atoms with Crippen molar-refractivity contribution in [1.29, 1.82) is 0 Å². The van der Waals surface area contributed by atoms with Crippen LogP contribution in [-0.2, 0) is 9.47 Å². The second-order valence-corrected chi connectivity index (χ2v) is 5.60. The van der Waals surface area contributed by atoms with Crippen LogP contribution in [0.25, 0.3) is 0 Å². The lowest BCUT2D eigenvalue weighted by atomic mass is 9.87. The van der Waals surface area contributed by atoms with Gasteiger partial charge in [0.2, 0.25) is 0 Å². The van der Waals surface area contributed by atoms with Crippen molar-refractivity contribution in [3.8, 4) is 0 Å². The summed E-state index contributed by atoms with van der Waals surface area (Å²) in [5, 5.41) is 0. The molecule has 17 heavy (non-hydrogen) atoms. The van der Waals surface area contributed by atoms with E-state index >= 15 is 0 Å². The lowest BCUT2D eigenvalue weighted by molar-refractivity contribution is 0.0153. The van der Waals surface area contributed by atoms with Gasteiger partial charge in [0, 0.05) is 13.2 Å². The van der Waals surface area contributed by atoms with Gasteiger partial charge in [0.1, 0.15) is 0 Å². The predicted molar refractivity (Wildman–Crippen MR) is 69.8 cm³/mol. The second-order valence-electron chi connectivity index (χ2n) is 5.60. The fourth-order valence-electron chi connectivity index (χ4n) is 2.87. The zero-order valence-electron chi connectivity index (χ0n) is 11.1. The van der Waals surface area contributed by atoms with E-state index in [0.29, 0.717) is 5.92 Å². The van der Waals surface area contributed by atoms with Gasteiger partial charge in [-0.25, -0.2) is 0 Å². The van der Waals surface area contributed by atoms with Crippen molar-refractivity contribution in [3.63, 3.8) is 0 Å². The van der Waals surface area contributed by atoms with Crippen molar-refractivity contribution in [2.75, 3.05) is 19.8 Å². The number of hydrogen-bond donors (Lipinski definition) is 0. The fraction of sp³-hybridized carbons (Fsp3) is 0.867. The molecule has 1 heterocycles. The first-order chi connectivity index (χ1) is 8.36. The fourth-order valence-corrected chi connectivity index (χ4v) is 2.87. The van der Waals surface area contributed by atoms with Crippen LogP contribution >= 0.6 is 0 Å². The molecule has 0 aromatic heterocycles. The summed E-state index contributed by atoms with van der Waals surface area (Å²) in [7, 11) is 0. The zero-order valence-corrected chi connectivity index (χ0v) is 11.1. The second kappa shape index (κ2) is 7.05. The van der Waals surface area contributed by atoms with Crippen molar-refractivity contribution in [3.05, 3.63) is 11.8 Å². The molecule has 2 nitrogen and oxygen atoms in total. The highest BCUT2D eigenvalue weighted by Gasteiger charge is 2.21. The molecule has 0 aromatic rings. The van der Waals surface area contributed by atoms with Gasteiger partial charge in [-0.05, 0) is 55.9 Å². The molecule has 2 fully saturated rings. The summed E-state index contributed by atoms with van der Waals surface area (Å²) in [4.78, 5) is 0. The van der Waals surface area contributed by atoms with Crippen LogP contribution in [0.2, 0.25) is 0 Å². The van der Waals surface area contributed by atoms with Gasteiger partial charge in [-0.3, -0.25) is 0 Å². The van der Waals surface area contributed by atoms with E-state index in [9.17, 15) is 0 Å². The number of rotatable bonds is 4. The Morgan fingerprint density at radius 1 is 1.29 bits per heavy atom. The minimum absolute atomic E-state index is 0.703. The van der Waals surface area contributed by atoms with Crippen molar-refractivity contribution in [2.24, 2.45) is 11.8 Å². The van der Waals surface area contributed by atoms with Crippen LogP contribution in [0.4, 0.5) is 0 Å². The Morgan fingerprint density at radius 3 is 2.88 bits per heavy atom. The molecule has 1 aliphatic heterocycles. The SMILES string of the molecule is CC1COCCC1CCOC=C1CCCCC1. The third-order valence-electron chi connectivity index (χ3n) is 4.17. The van der Waals surface area contributed by atoms with Crippen molar-refractivity contribution in [2.45, 2.75) is 51.9 Å². The maximum absolute atomic E-state index is 5.72. The Hall–Kier alpha value is -0.500. The summed E-state index contributed by atoms with van der Waals surface area (Å²) in [6.07, 6.45) is 11.1. The quantitative estimate of drug-likeness (QED) is 0.546. The zero-order chi connectivity index (χ0) is 11.9.